The monoisotopic (exact) mass is 349 g/mol. The van der Waals surface area contributed by atoms with Crippen LogP contribution in [0.15, 0.2) is 42.6 Å². The van der Waals surface area contributed by atoms with Crippen LogP contribution in [0.1, 0.15) is 60.9 Å². The Morgan fingerprint density at radius 1 is 1.00 bits per heavy atom. The van der Waals surface area contributed by atoms with Crippen LogP contribution in [0.25, 0.3) is 0 Å². The molecule has 0 radical (unpaired) electrons. The van der Waals surface area contributed by atoms with Crippen molar-refractivity contribution in [2.75, 3.05) is 11.4 Å². The maximum atomic E-state index is 13.0. The number of pyridine rings is 1. The smallest absolute Gasteiger partial charge is 0.255 e. The standard InChI is InChI=1S/C22H27N3O/c26-22(24-18-11-3-1-2-4-12-18)19-13-7-15-23-21(19)25-16-8-10-17-9-5-6-14-20(17)25/h5-7,9,13-15,18H,1-4,8,10-12,16H2,(H,24,26). The van der Waals surface area contributed by atoms with E-state index in [9.17, 15) is 4.79 Å². The molecule has 0 unspecified atom stereocenters. The molecule has 1 aliphatic heterocycles. The van der Waals surface area contributed by atoms with Gasteiger partial charge in [-0.05, 0) is 49.4 Å². The first-order valence-corrected chi connectivity index (χ1v) is 9.94. The maximum absolute atomic E-state index is 13.0. The van der Waals surface area contributed by atoms with Crippen molar-refractivity contribution in [1.29, 1.82) is 0 Å². The fraction of sp³-hybridized carbons (Fsp3) is 0.455. The zero-order valence-corrected chi connectivity index (χ0v) is 15.3. The Balaban J connectivity index is 1.60. The summed E-state index contributed by atoms with van der Waals surface area (Å²) in [5.41, 5.74) is 3.20. The molecular weight excluding hydrogens is 322 g/mol. The quantitative estimate of drug-likeness (QED) is 0.823. The van der Waals surface area contributed by atoms with Gasteiger partial charge in [0, 0.05) is 24.5 Å². The minimum Gasteiger partial charge on any atom is -0.349 e. The summed E-state index contributed by atoms with van der Waals surface area (Å²) in [7, 11) is 0. The molecule has 0 bridgehead atoms. The third-order valence-corrected chi connectivity index (χ3v) is 5.59. The van der Waals surface area contributed by atoms with Gasteiger partial charge >= 0.3 is 0 Å². The molecule has 1 aromatic heterocycles. The Hall–Kier alpha value is -2.36. The highest BCUT2D eigenvalue weighted by Gasteiger charge is 2.24. The van der Waals surface area contributed by atoms with E-state index in [1.54, 1.807) is 6.20 Å². The van der Waals surface area contributed by atoms with Gasteiger partial charge in [0.15, 0.2) is 0 Å². The van der Waals surface area contributed by atoms with Crippen molar-refractivity contribution in [3.8, 4) is 0 Å². The molecular formula is C22H27N3O. The van der Waals surface area contributed by atoms with Gasteiger partial charge in [0.1, 0.15) is 5.82 Å². The molecule has 1 N–H and O–H groups in total. The zero-order chi connectivity index (χ0) is 17.8. The zero-order valence-electron chi connectivity index (χ0n) is 15.3. The van der Waals surface area contributed by atoms with E-state index in [0.29, 0.717) is 11.6 Å². The second-order valence-electron chi connectivity index (χ2n) is 7.42. The molecule has 1 fully saturated rings. The number of hydrogen-bond donors (Lipinski definition) is 1. The van der Waals surface area contributed by atoms with Crippen LogP contribution in [0.4, 0.5) is 11.5 Å². The van der Waals surface area contributed by atoms with Crippen molar-refractivity contribution < 1.29 is 4.79 Å². The number of carbonyl (C=O) groups excluding carboxylic acids is 1. The number of carbonyl (C=O) groups is 1. The normalized spacial score (nSPS) is 18.1. The topological polar surface area (TPSA) is 45.2 Å². The molecule has 1 aromatic carbocycles. The lowest BCUT2D eigenvalue weighted by Gasteiger charge is -2.31. The number of fused-ring (bicyclic) bond motifs is 1. The Kier molecular flexibility index (Phi) is 5.19. The highest BCUT2D eigenvalue weighted by atomic mass is 16.1. The lowest BCUT2D eigenvalue weighted by molar-refractivity contribution is 0.0933. The molecule has 4 nitrogen and oxygen atoms in total. The van der Waals surface area contributed by atoms with E-state index in [2.05, 4.69) is 39.5 Å². The summed E-state index contributed by atoms with van der Waals surface area (Å²) >= 11 is 0. The Labute approximate surface area is 155 Å². The van der Waals surface area contributed by atoms with Crippen LogP contribution in [0.3, 0.4) is 0 Å². The summed E-state index contributed by atoms with van der Waals surface area (Å²) in [6.45, 7) is 0.901. The highest BCUT2D eigenvalue weighted by molar-refractivity contribution is 6.00. The minimum atomic E-state index is 0.0167. The third-order valence-electron chi connectivity index (χ3n) is 5.59. The number of para-hydroxylation sites is 1. The van der Waals surface area contributed by atoms with Crippen molar-refractivity contribution in [2.45, 2.75) is 57.4 Å². The molecule has 0 spiro atoms. The van der Waals surface area contributed by atoms with Gasteiger partial charge in [0.05, 0.1) is 5.56 Å². The van der Waals surface area contributed by atoms with Crippen LogP contribution in [-0.2, 0) is 6.42 Å². The average Bonchev–Trinajstić information content (AvgIpc) is 2.96. The van der Waals surface area contributed by atoms with Gasteiger partial charge in [0.2, 0.25) is 0 Å². The summed E-state index contributed by atoms with van der Waals surface area (Å²) in [5, 5.41) is 3.27. The predicted octanol–water partition coefficient (Wildman–Crippen LogP) is 4.62. The third kappa shape index (κ3) is 3.59. The molecule has 2 heterocycles. The first-order chi connectivity index (χ1) is 12.8. The van der Waals surface area contributed by atoms with E-state index < -0.39 is 0 Å². The molecule has 2 aliphatic rings. The Bertz CT molecular complexity index is 765. The van der Waals surface area contributed by atoms with Crippen molar-refractivity contribution in [1.82, 2.24) is 10.3 Å². The molecule has 1 amide bonds. The van der Waals surface area contributed by atoms with E-state index in [4.69, 9.17) is 0 Å². The highest BCUT2D eigenvalue weighted by Crippen LogP contribution is 2.34. The maximum Gasteiger partial charge on any atom is 0.255 e. The molecule has 0 saturated heterocycles. The summed E-state index contributed by atoms with van der Waals surface area (Å²) in [6.07, 6.45) is 11.1. The predicted molar refractivity (Wildman–Crippen MR) is 105 cm³/mol. The van der Waals surface area contributed by atoms with Crippen LogP contribution < -0.4 is 10.2 Å². The Morgan fingerprint density at radius 3 is 2.65 bits per heavy atom. The number of nitrogens with one attached hydrogen (secondary N) is 1. The van der Waals surface area contributed by atoms with Crippen LogP contribution in [-0.4, -0.2) is 23.5 Å². The summed E-state index contributed by atoms with van der Waals surface area (Å²) in [6, 6.07) is 12.5. The number of aryl methyl sites for hydroxylation is 1. The van der Waals surface area contributed by atoms with Crippen molar-refractivity contribution >= 4 is 17.4 Å². The van der Waals surface area contributed by atoms with E-state index in [-0.39, 0.29) is 5.91 Å². The Morgan fingerprint density at radius 2 is 1.81 bits per heavy atom. The van der Waals surface area contributed by atoms with Crippen molar-refractivity contribution in [3.63, 3.8) is 0 Å². The van der Waals surface area contributed by atoms with Gasteiger partial charge < -0.3 is 10.2 Å². The fourth-order valence-electron chi connectivity index (χ4n) is 4.23. The summed E-state index contributed by atoms with van der Waals surface area (Å²) < 4.78 is 0. The van der Waals surface area contributed by atoms with Gasteiger partial charge in [-0.1, -0.05) is 43.9 Å². The molecule has 136 valence electrons. The number of aromatic nitrogens is 1. The van der Waals surface area contributed by atoms with Gasteiger partial charge in [0.25, 0.3) is 5.91 Å². The molecule has 4 rings (SSSR count). The summed E-state index contributed by atoms with van der Waals surface area (Å²) in [5.74, 6) is 0.800. The van der Waals surface area contributed by atoms with Crippen molar-refractivity contribution in [3.05, 3.63) is 53.7 Å². The van der Waals surface area contributed by atoms with Crippen LogP contribution in [0, 0.1) is 0 Å². The first kappa shape index (κ1) is 17.1. The number of nitrogens with zero attached hydrogens (tertiary/aromatic N) is 2. The summed E-state index contributed by atoms with van der Waals surface area (Å²) in [4.78, 5) is 19.8. The number of rotatable bonds is 3. The lowest BCUT2D eigenvalue weighted by atomic mass is 10.0. The van der Waals surface area contributed by atoms with E-state index in [1.165, 1.54) is 36.9 Å². The molecule has 26 heavy (non-hydrogen) atoms. The van der Waals surface area contributed by atoms with Crippen LogP contribution in [0.2, 0.25) is 0 Å². The minimum absolute atomic E-state index is 0.0167. The second kappa shape index (κ2) is 7.90. The van der Waals surface area contributed by atoms with Gasteiger partial charge in [-0.3, -0.25) is 4.79 Å². The molecule has 1 saturated carbocycles. The fourth-order valence-corrected chi connectivity index (χ4v) is 4.23. The largest absolute Gasteiger partial charge is 0.349 e. The first-order valence-electron chi connectivity index (χ1n) is 9.94. The van der Waals surface area contributed by atoms with E-state index in [0.717, 1.165) is 38.0 Å². The van der Waals surface area contributed by atoms with Crippen molar-refractivity contribution in [2.24, 2.45) is 0 Å². The SMILES string of the molecule is O=C(NC1CCCCCC1)c1cccnc1N1CCCc2ccccc21. The van der Waals surface area contributed by atoms with Crippen LogP contribution in [0.5, 0.6) is 0 Å². The average molecular weight is 349 g/mol. The van der Waals surface area contributed by atoms with Gasteiger partial charge in [-0.2, -0.15) is 0 Å². The second-order valence-corrected chi connectivity index (χ2v) is 7.42. The number of hydrogen-bond acceptors (Lipinski definition) is 3. The number of amides is 1. The molecule has 2 aromatic rings. The lowest BCUT2D eigenvalue weighted by Crippen LogP contribution is -2.36. The van der Waals surface area contributed by atoms with E-state index in [1.807, 2.05) is 12.1 Å². The number of benzene rings is 1. The van der Waals surface area contributed by atoms with E-state index >= 15 is 0 Å². The molecule has 4 heteroatoms. The molecule has 1 aliphatic carbocycles. The number of anilines is 2. The molecule has 0 atom stereocenters. The van der Waals surface area contributed by atoms with Gasteiger partial charge in [-0.25, -0.2) is 4.98 Å². The van der Waals surface area contributed by atoms with Gasteiger partial charge in [-0.15, -0.1) is 0 Å². The van der Waals surface area contributed by atoms with Crippen LogP contribution >= 0.6 is 0 Å².